The van der Waals surface area contributed by atoms with Gasteiger partial charge in [0, 0.05) is 16.7 Å². The van der Waals surface area contributed by atoms with Crippen LogP contribution < -0.4 is 10.9 Å². The van der Waals surface area contributed by atoms with Crippen LogP contribution in [0.15, 0.2) is 59.4 Å². The molecule has 0 unspecified atom stereocenters. The van der Waals surface area contributed by atoms with Crippen LogP contribution >= 0.6 is 11.6 Å². The molecule has 7 nitrogen and oxygen atoms in total. The van der Waals surface area contributed by atoms with Gasteiger partial charge in [-0.1, -0.05) is 11.6 Å². The molecule has 0 bridgehead atoms. The molecule has 0 saturated heterocycles. The molecule has 9 heteroatoms. The van der Waals surface area contributed by atoms with Gasteiger partial charge in [0.1, 0.15) is 5.82 Å². The van der Waals surface area contributed by atoms with Crippen LogP contribution in [-0.2, 0) is 4.74 Å². The summed E-state index contributed by atoms with van der Waals surface area (Å²) in [5, 5.41) is 6.97. The molecule has 0 atom stereocenters. The van der Waals surface area contributed by atoms with Crippen LogP contribution in [0.25, 0.3) is 5.69 Å². The van der Waals surface area contributed by atoms with Gasteiger partial charge in [-0.3, -0.25) is 9.59 Å². The van der Waals surface area contributed by atoms with Crippen molar-refractivity contribution >= 4 is 29.2 Å². The van der Waals surface area contributed by atoms with E-state index < -0.39 is 23.3 Å². The van der Waals surface area contributed by atoms with E-state index in [0.29, 0.717) is 5.02 Å². The number of rotatable bonds is 5. The lowest BCUT2D eigenvalue weighted by Gasteiger charge is -2.12. The molecule has 1 N–H and O–H groups in total. The Bertz CT molecular complexity index is 1110. The number of benzene rings is 2. The predicted octanol–water partition coefficient (Wildman–Crippen LogP) is 3.45. The number of esters is 1. The second kappa shape index (κ2) is 8.66. The molecule has 3 aromatic rings. The summed E-state index contributed by atoms with van der Waals surface area (Å²) >= 11 is 5.81. The molecular formula is C20H15ClFN3O4. The van der Waals surface area contributed by atoms with Gasteiger partial charge >= 0.3 is 5.97 Å². The maximum Gasteiger partial charge on any atom is 0.360 e. The fraction of sp³-hybridized carbons (Fsp3) is 0.100. The summed E-state index contributed by atoms with van der Waals surface area (Å²) < 4.78 is 19.1. The molecular weight excluding hydrogens is 401 g/mol. The normalized spacial score (nSPS) is 10.4. The van der Waals surface area contributed by atoms with Crippen molar-refractivity contribution in [2.24, 2.45) is 0 Å². The lowest BCUT2D eigenvalue weighted by molar-refractivity contribution is 0.0518. The molecule has 0 radical (unpaired) electrons. The number of hydrogen-bond donors (Lipinski definition) is 1. The molecule has 0 fully saturated rings. The van der Waals surface area contributed by atoms with Gasteiger partial charge in [-0.25, -0.2) is 9.18 Å². The Morgan fingerprint density at radius 3 is 2.41 bits per heavy atom. The summed E-state index contributed by atoms with van der Waals surface area (Å²) in [7, 11) is 0. The number of anilines is 1. The molecule has 148 valence electrons. The van der Waals surface area contributed by atoms with E-state index in [1.54, 1.807) is 6.92 Å². The quantitative estimate of drug-likeness (QED) is 0.644. The highest BCUT2D eigenvalue weighted by Crippen LogP contribution is 2.16. The number of hydrogen-bond acceptors (Lipinski definition) is 5. The minimum Gasteiger partial charge on any atom is -0.461 e. The summed E-state index contributed by atoms with van der Waals surface area (Å²) in [6.45, 7) is 1.68. The van der Waals surface area contributed by atoms with E-state index in [1.807, 2.05) is 0 Å². The van der Waals surface area contributed by atoms with Crippen LogP contribution in [-0.4, -0.2) is 28.3 Å². The summed E-state index contributed by atoms with van der Waals surface area (Å²) in [5.74, 6) is -1.87. The summed E-state index contributed by atoms with van der Waals surface area (Å²) in [6.07, 6.45) is 0. The van der Waals surface area contributed by atoms with Crippen LogP contribution in [0.4, 0.5) is 10.1 Å². The fourth-order valence-corrected chi connectivity index (χ4v) is 2.59. The zero-order chi connectivity index (χ0) is 21.0. The van der Waals surface area contributed by atoms with Gasteiger partial charge in [-0.15, -0.1) is 0 Å². The third-order valence-electron chi connectivity index (χ3n) is 3.83. The highest BCUT2D eigenvalue weighted by atomic mass is 35.5. The highest BCUT2D eigenvalue weighted by Gasteiger charge is 2.20. The van der Waals surface area contributed by atoms with Crippen LogP contribution in [0.1, 0.15) is 27.8 Å². The van der Waals surface area contributed by atoms with Crippen molar-refractivity contribution in [3.05, 3.63) is 87.0 Å². The first kappa shape index (κ1) is 20.2. The molecule has 29 heavy (non-hydrogen) atoms. The Morgan fingerprint density at radius 1 is 1.14 bits per heavy atom. The zero-order valence-electron chi connectivity index (χ0n) is 15.2. The van der Waals surface area contributed by atoms with Crippen molar-refractivity contribution < 1.29 is 18.7 Å². The van der Waals surface area contributed by atoms with E-state index in [0.717, 1.165) is 22.9 Å². The van der Waals surface area contributed by atoms with Crippen molar-refractivity contribution in [1.29, 1.82) is 0 Å². The molecule has 1 heterocycles. The van der Waals surface area contributed by atoms with Crippen molar-refractivity contribution in [1.82, 2.24) is 9.78 Å². The molecule has 0 aliphatic heterocycles. The number of amides is 1. The number of carbonyl (C=O) groups is 2. The molecule has 0 aliphatic carbocycles. The monoisotopic (exact) mass is 415 g/mol. The maximum atomic E-state index is 13.2. The smallest absolute Gasteiger partial charge is 0.360 e. The van der Waals surface area contributed by atoms with Gasteiger partial charge in [0.15, 0.2) is 5.69 Å². The van der Waals surface area contributed by atoms with E-state index in [1.165, 1.54) is 36.4 Å². The lowest BCUT2D eigenvalue weighted by Crippen LogP contribution is -2.27. The maximum absolute atomic E-state index is 13.2. The molecule has 1 amide bonds. The van der Waals surface area contributed by atoms with Gasteiger partial charge in [-0.2, -0.15) is 9.78 Å². The molecule has 1 aromatic heterocycles. The first-order chi connectivity index (χ1) is 13.9. The van der Waals surface area contributed by atoms with Crippen molar-refractivity contribution in [3.8, 4) is 5.69 Å². The number of ether oxygens (including phenoxy) is 1. The van der Waals surface area contributed by atoms with Crippen molar-refractivity contribution in [3.63, 3.8) is 0 Å². The molecule has 2 aromatic carbocycles. The minimum atomic E-state index is -0.824. The fourth-order valence-electron chi connectivity index (χ4n) is 2.46. The van der Waals surface area contributed by atoms with Crippen LogP contribution in [0.2, 0.25) is 5.02 Å². The summed E-state index contributed by atoms with van der Waals surface area (Å²) in [6, 6.07) is 12.1. The second-order valence-corrected chi connectivity index (χ2v) is 6.25. The Kier molecular flexibility index (Phi) is 6.04. The van der Waals surface area contributed by atoms with Gasteiger partial charge in [0.05, 0.1) is 18.0 Å². The third-order valence-corrected chi connectivity index (χ3v) is 4.08. The predicted molar refractivity (Wildman–Crippen MR) is 105 cm³/mol. The Hall–Kier alpha value is -3.52. The molecule has 0 saturated carbocycles. The van der Waals surface area contributed by atoms with E-state index >= 15 is 0 Å². The van der Waals surface area contributed by atoms with Crippen molar-refractivity contribution in [2.45, 2.75) is 6.92 Å². The largest absolute Gasteiger partial charge is 0.461 e. The van der Waals surface area contributed by atoms with Crippen LogP contribution in [0, 0.1) is 5.82 Å². The number of carbonyl (C=O) groups excluding carboxylic acids is 2. The average molecular weight is 416 g/mol. The first-order valence-electron chi connectivity index (χ1n) is 8.53. The van der Waals surface area contributed by atoms with Crippen LogP contribution in [0.5, 0.6) is 0 Å². The number of nitrogens with one attached hydrogen (secondary N) is 1. The molecule has 0 spiro atoms. The zero-order valence-corrected chi connectivity index (χ0v) is 15.9. The van der Waals surface area contributed by atoms with E-state index in [-0.39, 0.29) is 29.2 Å². The van der Waals surface area contributed by atoms with E-state index in [2.05, 4.69) is 10.4 Å². The third kappa shape index (κ3) is 4.67. The number of nitrogens with zero attached hydrogens (tertiary/aromatic N) is 2. The van der Waals surface area contributed by atoms with Gasteiger partial charge in [-0.05, 0) is 55.5 Å². The van der Waals surface area contributed by atoms with E-state index in [9.17, 15) is 18.8 Å². The lowest BCUT2D eigenvalue weighted by atomic mass is 10.2. The van der Waals surface area contributed by atoms with Gasteiger partial charge < -0.3 is 10.1 Å². The second-order valence-electron chi connectivity index (χ2n) is 5.81. The highest BCUT2D eigenvalue weighted by molar-refractivity contribution is 6.30. The number of aromatic nitrogens is 2. The minimum absolute atomic E-state index is 0.0702. The Balaban J connectivity index is 2.03. The van der Waals surface area contributed by atoms with Crippen LogP contribution in [0.3, 0.4) is 0 Å². The van der Waals surface area contributed by atoms with Gasteiger partial charge in [0.2, 0.25) is 0 Å². The van der Waals surface area contributed by atoms with Crippen molar-refractivity contribution in [2.75, 3.05) is 11.9 Å². The summed E-state index contributed by atoms with van der Waals surface area (Å²) in [5.41, 5.74) is -0.481. The van der Waals surface area contributed by atoms with Gasteiger partial charge in [0.25, 0.3) is 11.5 Å². The average Bonchev–Trinajstić information content (AvgIpc) is 2.69. The van der Waals surface area contributed by atoms with E-state index in [4.69, 9.17) is 16.3 Å². The Morgan fingerprint density at radius 2 is 1.79 bits per heavy atom. The number of halogens is 2. The molecule has 3 rings (SSSR count). The Labute approximate surface area is 169 Å². The first-order valence-corrected chi connectivity index (χ1v) is 8.91. The standard InChI is InChI=1S/C20H15ClFN3O4/c1-2-29-20(28)18-16(23-19(27)12-3-5-13(21)6-4-12)11-17(26)25(24-18)15-9-7-14(22)8-10-15/h3-11H,2H2,1H3,(H,23,27). The molecule has 0 aliphatic rings. The summed E-state index contributed by atoms with van der Waals surface area (Å²) in [4.78, 5) is 37.3. The topological polar surface area (TPSA) is 90.3 Å². The SMILES string of the molecule is CCOC(=O)c1nn(-c2ccc(F)cc2)c(=O)cc1NC(=O)c1ccc(Cl)cc1.